The third-order valence-corrected chi connectivity index (χ3v) is 4.59. The molecule has 0 aliphatic heterocycles. The van der Waals surface area contributed by atoms with Crippen molar-refractivity contribution in [2.45, 2.75) is 13.3 Å². The summed E-state index contributed by atoms with van der Waals surface area (Å²) in [5.41, 5.74) is 7.27. The zero-order chi connectivity index (χ0) is 17.6. The van der Waals surface area contributed by atoms with Crippen LogP contribution in [-0.4, -0.2) is 26.7 Å². The second kappa shape index (κ2) is 8.04. The van der Waals surface area contributed by atoms with E-state index in [2.05, 4.69) is 83.7 Å². The van der Waals surface area contributed by atoms with Gasteiger partial charge in [-0.15, -0.1) is 0 Å². The molecule has 2 aromatic carbocycles. The molecule has 1 aliphatic carbocycles. The van der Waals surface area contributed by atoms with Crippen LogP contribution in [0.5, 0.6) is 0 Å². The number of nitrogens with zero attached hydrogens (tertiary/aromatic N) is 1. The van der Waals surface area contributed by atoms with Gasteiger partial charge in [-0.05, 0) is 67.9 Å². The lowest BCUT2D eigenvalue weighted by atomic mass is 9.94. The molecule has 2 aromatic rings. The van der Waals surface area contributed by atoms with Crippen molar-refractivity contribution in [3.8, 4) is 0 Å². The normalized spacial score (nSPS) is 12.8. The molecule has 130 valence electrons. The molecular formula is C22H27N3. The number of hydrogen-bond acceptors (Lipinski definition) is 3. The highest BCUT2D eigenvalue weighted by Crippen LogP contribution is 2.27. The minimum Gasteiger partial charge on any atom is -0.371 e. The van der Waals surface area contributed by atoms with Gasteiger partial charge in [0.2, 0.25) is 0 Å². The first kappa shape index (κ1) is 17.3. The molecule has 0 aromatic heterocycles. The number of anilines is 3. The number of hydrogen-bond donors (Lipinski definition) is 2. The topological polar surface area (TPSA) is 27.3 Å². The standard InChI is InChI=1S/C22H27N3/c1-4-25(14-13-23-3)22-11-9-20(10-12-22)24-21-8-7-18-6-5-17(2)15-19(18)16-21/h5-12,16,23-24H,2,4,13-15H2,1,3H3. The van der Waals surface area contributed by atoms with Gasteiger partial charge in [0.05, 0.1) is 0 Å². The molecule has 3 rings (SSSR count). The van der Waals surface area contributed by atoms with Crippen LogP contribution in [0.25, 0.3) is 6.08 Å². The summed E-state index contributed by atoms with van der Waals surface area (Å²) in [5, 5.41) is 6.72. The average molecular weight is 333 g/mol. The summed E-state index contributed by atoms with van der Waals surface area (Å²) in [7, 11) is 1.99. The fourth-order valence-corrected chi connectivity index (χ4v) is 3.15. The summed E-state index contributed by atoms with van der Waals surface area (Å²) in [6.45, 7) is 9.27. The van der Waals surface area contributed by atoms with Gasteiger partial charge < -0.3 is 15.5 Å². The molecule has 25 heavy (non-hydrogen) atoms. The van der Waals surface area contributed by atoms with Crippen molar-refractivity contribution >= 4 is 23.1 Å². The van der Waals surface area contributed by atoms with E-state index in [4.69, 9.17) is 0 Å². The van der Waals surface area contributed by atoms with Crippen molar-refractivity contribution in [2.24, 2.45) is 0 Å². The van der Waals surface area contributed by atoms with E-state index in [1.165, 1.54) is 16.8 Å². The molecule has 0 saturated carbocycles. The zero-order valence-corrected chi connectivity index (χ0v) is 15.2. The lowest BCUT2D eigenvalue weighted by molar-refractivity contribution is 0.737. The molecule has 0 radical (unpaired) electrons. The molecule has 0 bridgehead atoms. The van der Waals surface area contributed by atoms with Crippen molar-refractivity contribution < 1.29 is 0 Å². The van der Waals surface area contributed by atoms with Gasteiger partial charge >= 0.3 is 0 Å². The van der Waals surface area contributed by atoms with Gasteiger partial charge in [0.15, 0.2) is 0 Å². The summed E-state index contributed by atoms with van der Waals surface area (Å²) < 4.78 is 0. The lowest BCUT2D eigenvalue weighted by Gasteiger charge is -2.23. The minimum atomic E-state index is 0.928. The molecule has 1 aliphatic rings. The SMILES string of the molecule is C=C1C=Cc2ccc(Nc3ccc(N(CC)CCNC)cc3)cc2C1. The van der Waals surface area contributed by atoms with Crippen molar-refractivity contribution in [3.05, 3.63) is 71.8 Å². The van der Waals surface area contributed by atoms with E-state index in [0.717, 1.165) is 43.0 Å². The first-order valence-corrected chi connectivity index (χ1v) is 8.95. The molecule has 0 fully saturated rings. The molecule has 0 spiro atoms. The number of nitrogens with one attached hydrogen (secondary N) is 2. The van der Waals surface area contributed by atoms with Crippen molar-refractivity contribution in [1.29, 1.82) is 0 Å². The van der Waals surface area contributed by atoms with Gasteiger partial charge in [-0.2, -0.15) is 0 Å². The molecule has 0 amide bonds. The van der Waals surface area contributed by atoms with Crippen molar-refractivity contribution in [2.75, 3.05) is 36.9 Å². The van der Waals surface area contributed by atoms with Crippen LogP contribution in [0.1, 0.15) is 18.1 Å². The van der Waals surface area contributed by atoms with Crippen LogP contribution in [0.4, 0.5) is 17.1 Å². The van der Waals surface area contributed by atoms with Gasteiger partial charge in [-0.25, -0.2) is 0 Å². The summed E-state index contributed by atoms with van der Waals surface area (Å²) in [4.78, 5) is 2.37. The van der Waals surface area contributed by atoms with E-state index in [0.29, 0.717) is 0 Å². The van der Waals surface area contributed by atoms with E-state index in [-0.39, 0.29) is 0 Å². The maximum absolute atomic E-state index is 4.07. The fourth-order valence-electron chi connectivity index (χ4n) is 3.15. The number of allylic oxidation sites excluding steroid dienone is 2. The average Bonchev–Trinajstić information content (AvgIpc) is 2.63. The molecule has 0 heterocycles. The second-order valence-corrected chi connectivity index (χ2v) is 6.44. The Hall–Kier alpha value is -2.52. The van der Waals surface area contributed by atoms with Gasteiger partial charge in [0.25, 0.3) is 0 Å². The first-order valence-electron chi connectivity index (χ1n) is 8.95. The highest BCUT2D eigenvalue weighted by atomic mass is 15.1. The summed E-state index contributed by atoms with van der Waals surface area (Å²) in [6, 6.07) is 15.2. The van der Waals surface area contributed by atoms with E-state index in [1.54, 1.807) is 0 Å². The fraction of sp³-hybridized carbons (Fsp3) is 0.273. The maximum atomic E-state index is 4.07. The number of likely N-dealkylation sites (N-methyl/N-ethyl adjacent to an activating group) is 2. The van der Waals surface area contributed by atoms with Crippen LogP contribution in [0.2, 0.25) is 0 Å². The van der Waals surface area contributed by atoms with Gasteiger partial charge in [-0.1, -0.05) is 30.4 Å². The monoisotopic (exact) mass is 333 g/mol. The van der Waals surface area contributed by atoms with Gasteiger partial charge in [0.1, 0.15) is 0 Å². The predicted octanol–water partition coefficient (Wildman–Crippen LogP) is 4.60. The molecule has 0 saturated heterocycles. The third-order valence-electron chi connectivity index (χ3n) is 4.59. The Balaban J connectivity index is 1.70. The molecular weight excluding hydrogens is 306 g/mol. The largest absolute Gasteiger partial charge is 0.371 e. The van der Waals surface area contributed by atoms with Gasteiger partial charge in [0, 0.05) is 36.7 Å². The summed E-state index contributed by atoms with van der Waals surface area (Å²) in [6.07, 6.45) is 5.17. The quantitative estimate of drug-likeness (QED) is 0.775. The molecule has 3 heteroatoms. The Kier molecular flexibility index (Phi) is 5.56. The Morgan fingerprint density at radius 2 is 1.80 bits per heavy atom. The van der Waals surface area contributed by atoms with Crippen molar-refractivity contribution in [3.63, 3.8) is 0 Å². The van der Waals surface area contributed by atoms with Crippen LogP contribution in [0, 0.1) is 0 Å². The van der Waals surface area contributed by atoms with Crippen LogP contribution in [0.3, 0.4) is 0 Å². The minimum absolute atomic E-state index is 0.928. The number of benzene rings is 2. The highest BCUT2D eigenvalue weighted by molar-refractivity contribution is 5.69. The second-order valence-electron chi connectivity index (χ2n) is 6.44. The smallest absolute Gasteiger partial charge is 0.0387 e. The van der Waals surface area contributed by atoms with Gasteiger partial charge in [-0.3, -0.25) is 0 Å². The van der Waals surface area contributed by atoms with E-state index < -0.39 is 0 Å². The molecule has 0 atom stereocenters. The van der Waals surface area contributed by atoms with E-state index in [9.17, 15) is 0 Å². The van der Waals surface area contributed by atoms with E-state index in [1.807, 2.05) is 7.05 Å². The number of rotatable bonds is 7. The Morgan fingerprint density at radius 3 is 2.52 bits per heavy atom. The maximum Gasteiger partial charge on any atom is 0.0387 e. The Bertz CT molecular complexity index is 759. The predicted molar refractivity (Wildman–Crippen MR) is 110 cm³/mol. The molecule has 2 N–H and O–H groups in total. The van der Waals surface area contributed by atoms with Crippen LogP contribution >= 0.6 is 0 Å². The third kappa shape index (κ3) is 4.31. The highest BCUT2D eigenvalue weighted by Gasteiger charge is 2.08. The van der Waals surface area contributed by atoms with E-state index >= 15 is 0 Å². The Labute approximate surface area is 151 Å². The number of fused-ring (bicyclic) bond motifs is 1. The molecule has 0 unspecified atom stereocenters. The molecule has 3 nitrogen and oxygen atoms in total. The lowest BCUT2D eigenvalue weighted by Crippen LogP contribution is -2.30. The summed E-state index contributed by atoms with van der Waals surface area (Å²) in [5.74, 6) is 0. The zero-order valence-electron chi connectivity index (χ0n) is 15.2. The van der Waals surface area contributed by atoms with Crippen LogP contribution in [-0.2, 0) is 6.42 Å². The van der Waals surface area contributed by atoms with Crippen LogP contribution < -0.4 is 15.5 Å². The summed E-state index contributed by atoms with van der Waals surface area (Å²) >= 11 is 0. The van der Waals surface area contributed by atoms with Crippen molar-refractivity contribution in [1.82, 2.24) is 5.32 Å². The Morgan fingerprint density at radius 1 is 1.04 bits per heavy atom. The van der Waals surface area contributed by atoms with Crippen LogP contribution in [0.15, 0.2) is 60.7 Å². The first-order chi connectivity index (χ1) is 12.2.